The third-order valence-corrected chi connectivity index (χ3v) is 5.82. The first-order valence-corrected chi connectivity index (χ1v) is 11.7. The van der Waals surface area contributed by atoms with Gasteiger partial charge in [0.1, 0.15) is 0 Å². The second-order valence-electron chi connectivity index (χ2n) is 7.37. The Kier molecular flexibility index (Phi) is 10.5. The number of carbonyl (C=O) groups is 2. The predicted molar refractivity (Wildman–Crippen MR) is 125 cm³/mol. The van der Waals surface area contributed by atoms with Gasteiger partial charge in [-0.2, -0.15) is 0 Å². The smallest absolute Gasteiger partial charge is 0.333 e. The van der Waals surface area contributed by atoms with Gasteiger partial charge in [-0.15, -0.1) is 11.3 Å². The number of carbonyl (C=O) groups excluding carboxylic acids is 1. The number of nitrogens with one attached hydrogen (secondary N) is 1. The van der Waals surface area contributed by atoms with Crippen LogP contribution in [0.5, 0.6) is 0 Å². The van der Waals surface area contributed by atoms with E-state index in [1.54, 1.807) is 18.9 Å². The van der Waals surface area contributed by atoms with Crippen LogP contribution in [0.25, 0.3) is 11.3 Å². The van der Waals surface area contributed by atoms with E-state index in [2.05, 4.69) is 17.2 Å². The molecular formula is C23H33N3O4S. The Bertz CT molecular complexity index is 840. The fraction of sp³-hybridized carbons (Fsp3) is 0.522. The van der Waals surface area contributed by atoms with Crippen LogP contribution in [0.1, 0.15) is 51.0 Å². The zero-order chi connectivity index (χ0) is 22.6. The SMILES string of the molecule is CCCCCCCNC(=O)N(C)c1cccc(-c2csc(CC(OCC)C(=O)O)n2)c1. The monoisotopic (exact) mass is 447 g/mol. The number of rotatable bonds is 13. The first-order chi connectivity index (χ1) is 15.0. The summed E-state index contributed by atoms with van der Waals surface area (Å²) in [4.78, 5) is 29.9. The second kappa shape index (κ2) is 13.1. The van der Waals surface area contributed by atoms with Crippen molar-refractivity contribution in [2.75, 3.05) is 25.1 Å². The van der Waals surface area contributed by atoms with Crippen LogP contribution < -0.4 is 10.2 Å². The van der Waals surface area contributed by atoms with Crippen LogP contribution in [0.15, 0.2) is 29.6 Å². The number of urea groups is 1. The fourth-order valence-corrected chi connectivity index (χ4v) is 3.98. The summed E-state index contributed by atoms with van der Waals surface area (Å²) >= 11 is 1.41. The molecule has 2 aromatic rings. The van der Waals surface area contributed by atoms with Gasteiger partial charge in [0.25, 0.3) is 0 Å². The van der Waals surface area contributed by atoms with Gasteiger partial charge in [-0.25, -0.2) is 14.6 Å². The second-order valence-corrected chi connectivity index (χ2v) is 8.31. The lowest BCUT2D eigenvalue weighted by Crippen LogP contribution is -2.37. The summed E-state index contributed by atoms with van der Waals surface area (Å²) in [5.41, 5.74) is 2.41. The number of ether oxygens (including phenoxy) is 1. The molecule has 170 valence electrons. The van der Waals surface area contributed by atoms with Gasteiger partial charge in [0.15, 0.2) is 6.10 Å². The highest BCUT2D eigenvalue weighted by atomic mass is 32.1. The molecule has 0 fully saturated rings. The molecule has 2 rings (SSSR count). The van der Waals surface area contributed by atoms with Crippen molar-refractivity contribution in [2.45, 2.75) is 58.5 Å². The summed E-state index contributed by atoms with van der Waals surface area (Å²) in [6.07, 6.45) is 5.10. The number of amides is 2. The van der Waals surface area contributed by atoms with Crippen molar-refractivity contribution in [1.29, 1.82) is 0 Å². The average Bonchev–Trinajstić information content (AvgIpc) is 3.24. The number of unbranched alkanes of at least 4 members (excludes halogenated alkanes) is 4. The number of aliphatic carboxylic acids is 1. The van der Waals surface area contributed by atoms with E-state index in [1.807, 2.05) is 29.6 Å². The molecule has 1 aromatic carbocycles. The number of carboxylic acids is 1. The summed E-state index contributed by atoms with van der Waals surface area (Å²) in [6, 6.07) is 7.48. The van der Waals surface area contributed by atoms with Gasteiger partial charge >= 0.3 is 12.0 Å². The molecular weight excluding hydrogens is 414 g/mol. The van der Waals surface area contributed by atoms with Crippen molar-refractivity contribution in [3.05, 3.63) is 34.7 Å². The summed E-state index contributed by atoms with van der Waals surface area (Å²) < 4.78 is 5.27. The van der Waals surface area contributed by atoms with Crippen LogP contribution in [0.4, 0.5) is 10.5 Å². The third kappa shape index (κ3) is 7.95. The molecule has 0 aliphatic heterocycles. The van der Waals surface area contributed by atoms with Crippen molar-refractivity contribution in [3.63, 3.8) is 0 Å². The molecule has 0 saturated carbocycles. The van der Waals surface area contributed by atoms with Crippen LogP contribution in [0.3, 0.4) is 0 Å². The maximum atomic E-state index is 12.5. The van der Waals surface area contributed by atoms with Crippen molar-refractivity contribution in [3.8, 4) is 11.3 Å². The van der Waals surface area contributed by atoms with Crippen LogP contribution in [-0.2, 0) is 16.0 Å². The normalized spacial score (nSPS) is 11.8. The van der Waals surface area contributed by atoms with E-state index in [1.165, 1.54) is 30.6 Å². The van der Waals surface area contributed by atoms with Crippen LogP contribution in [0.2, 0.25) is 0 Å². The molecule has 1 heterocycles. The van der Waals surface area contributed by atoms with Crippen LogP contribution >= 0.6 is 11.3 Å². The Hall–Kier alpha value is -2.45. The van der Waals surface area contributed by atoms with E-state index in [-0.39, 0.29) is 12.5 Å². The summed E-state index contributed by atoms with van der Waals surface area (Å²) in [5.74, 6) is -0.987. The van der Waals surface area contributed by atoms with E-state index >= 15 is 0 Å². The first-order valence-electron chi connectivity index (χ1n) is 10.9. The van der Waals surface area contributed by atoms with Crippen molar-refractivity contribution >= 4 is 29.0 Å². The molecule has 7 nitrogen and oxygen atoms in total. The summed E-state index contributed by atoms with van der Waals surface area (Å²) in [6.45, 7) is 4.97. The van der Waals surface area contributed by atoms with Crippen molar-refractivity contribution < 1.29 is 19.4 Å². The number of hydrogen-bond donors (Lipinski definition) is 2. The zero-order valence-electron chi connectivity index (χ0n) is 18.6. The molecule has 1 aromatic heterocycles. The first kappa shape index (κ1) is 24.8. The summed E-state index contributed by atoms with van der Waals surface area (Å²) in [7, 11) is 1.75. The summed E-state index contributed by atoms with van der Waals surface area (Å²) in [5, 5.41) is 14.8. The standard InChI is InChI=1S/C23H33N3O4S/c1-4-6-7-8-9-13-24-23(29)26(3)18-12-10-11-17(14-18)19-16-31-21(25-19)15-20(22(27)28)30-5-2/h10-12,14,16,20H,4-9,13,15H2,1-3H3,(H,24,29)(H,27,28). The number of thiazole rings is 1. The van der Waals surface area contributed by atoms with E-state index in [0.717, 1.165) is 29.8 Å². The minimum Gasteiger partial charge on any atom is -0.479 e. The van der Waals surface area contributed by atoms with E-state index in [4.69, 9.17) is 4.74 Å². The fourth-order valence-electron chi connectivity index (χ4n) is 3.15. The molecule has 0 aliphatic rings. The highest BCUT2D eigenvalue weighted by Crippen LogP contribution is 2.26. The van der Waals surface area contributed by atoms with Gasteiger partial charge in [0.05, 0.1) is 10.7 Å². The molecule has 0 bridgehead atoms. The Morgan fingerprint density at radius 2 is 2.00 bits per heavy atom. The molecule has 1 unspecified atom stereocenters. The lowest BCUT2D eigenvalue weighted by Gasteiger charge is -2.18. The minimum atomic E-state index is -0.987. The number of carboxylic acid groups (broad SMARTS) is 1. The molecule has 0 aliphatic carbocycles. The molecule has 2 N–H and O–H groups in total. The Labute approximate surface area is 188 Å². The number of aromatic nitrogens is 1. The number of nitrogens with zero attached hydrogens (tertiary/aromatic N) is 2. The number of benzene rings is 1. The quantitative estimate of drug-likeness (QED) is 0.424. The Morgan fingerprint density at radius 1 is 1.23 bits per heavy atom. The minimum absolute atomic E-state index is 0.132. The Morgan fingerprint density at radius 3 is 2.71 bits per heavy atom. The largest absolute Gasteiger partial charge is 0.479 e. The average molecular weight is 448 g/mol. The molecule has 2 amide bonds. The molecule has 8 heteroatoms. The zero-order valence-corrected chi connectivity index (χ0v) is 19.4. The van der Waals surface area contributed by atoms with Gasteiger partial charge in [0.2, 0.25) is 0 Å². The maximum Gasteiger partial charge on any atom is 0.333 e. The molecule has 31 heavy (non-hydrogen) atoms. The van der Waals surface area contributed by atoms with Gasteiger partial charge in [0, 0.05) is 43.3 Å². The van der Waals surface area contributed by atoms with Crippen molar-refractivity contribution in [2.24, 2.45) is 0 Å². The van der Waals surface area contributed by atoms with E-state index < -0.39 is 12.1 Å². The lowest BCUT2D eigenvalue weighted by molar-refractivity contribution is -0.149. The van der Waals surface area contributed by atoms with E-state index in [9.17, 15) is 14.7 Å². The predicted octanol–water partition coefficient (Wildman–Crippen LogP) is 4.96. The van der Waals surface area contributed by atoms with E-state index in [0.29, 0.717) is 18.2 Å². The topological polar surface area (TPSA) is 91.8 Å². The van der Waals surface area contributed by atoms with Gasteiger partial charge in [-0.1, -0.05) is 44.7 Å². The highest BCUT2D eigenvalue weighted by Gasteiger charge is 2.20. The van der Waals surface area contributed by atoms with Crippen LogP contribution in [-0.4, -0.2) is 48.4 Å². The maximum absolute atomic E-state index is 12.5. The van der Waals surface area contributed by atoms with Gasteiger partial charge in [-0.3, -0.25) is 4.90 Å². The van der Waals surface area contributed by atoms with Gasteiger partial charge < -0.3 is 15.2 Å². The molecule has 0 saturated heterocycles. The number of hydrogen-bond acceptors (Lipinski definition) is 5. The molecule has 1 atom stereocenters. The van der Waals surface area contributed by atoms with Gasteiger partial charge in [-0.05, 0) is 25.5 Å². The number of anilines is 1. The highest BCUT2D eigenvalue weighted by molar-refractivity contribution is 7.10. The molecule has 0 radical (unpaired) electrons. The Balaban J connectivity index is 1.97. The van der Waals surface area contributed by atoms with Crippen molar-refractivity contribution in [1.82, 2.24) is 10.3 Å². The molecule has 0 spiro atoms. The lowest BCUT2D eigenvalue weighted by atomic mass is 10.1. The van der Waals surface area contributed by atoms with Crippen LogP contribution in [0, 0.1) is 0 Å². The third-order valence-electron chi connectivity index (χ3n) is 4.95.